The van der Waals surface area contributed by atoms with Crippen LogP contribution in [-0.2, 0) is 16.1 Å². The second-order valence-corrected chi connectivity index (χ2v) is 6.62. The number of amides is 1. The molecule has 6 nitrogen and oxygen atoms in total. The Balaban J connectivity index is 1.55. The van der Waals surface area contributed by atoms with Crippen LogP contribution < -0.4 is 9.47 Å². The summed E-state index contributed by atoms with van der Waals surface area (Å²) < 4.78 is 16.2. The van der Waals surface area contributed by atoms with E-state index in [2.05, 4.69) is 0 Å². The number of fused-ring (bicyclic) bond motifs is 1. The van der Waals surface area contributed by atoms with Crippen LogP contribution in [0.1, 0.15) is 27.0 Å². The molecule has 0 aromatic heterocycles. The van der Waals surface area contributed by atoms with E-state index in [0.717, 1.165) is 16.7 Å². The van der Waals surface area contributed by atoms with Crippen molar-refractivity contribution in [1.82, 2.24) is 4.90 Å². The topological polar surface area (TPSA) is 65.1 Å². The number of nitrogens with zero attached hydrogens (tertiary/aromatic N) is 1. The lowest BCUT2D eigenvalue weighted by atomic mass is 10.1. The summed E-state index contributed by atoms with van der Waals surface area (Å²) in [6.07, 6.45) is 0. The van der Waals surface area contributed by atoms with Gasteiger partial charge in [-0.3, -0.25) is 4.79 Å². The van der Waals surface area contributed by atoms with Crippen molar-refractivity contribution in [2.24, 2.45) is 0 Å². The van der Waals surface area contributed by atoms with E-state index < -0.39 is 5.97 Å². The smallest absolute Gasteiger partial charge is 0.338 e. The van der Waals surface area contributed by atoms with Crippen LogP contribution in [0.5, 0.6) is 11.5 Å². The zero-order valence-electron chi connectivity index (χ0n) is 15.8. The van der Waals surface area contributed by atoms with Crippen molar-refractivity contribution in [3.63, 3.8) is 0 Å². The van der Waals surface area contributed by atoms with Gasteiger partial charge < -0.3 is 19.1 Å². The summed E-state index contributed by atoms with van der Waals surface area (Å²) >= 11 is 0. The minimum absolute atomic E-state index is 0.275. The van der Waals surface area contributed by atoms with Gasteiger partial charge in [-0.1, -0.05) is 23.8 Å². The minimum atomic E-state index is -0.492. The van der Waals surface area contributed by atoms with Gasteiger partial charge in [0, 0.05) is 13.6 Å². The number of hydrogen-bond acceptors (Lipinski definition) is 5. The maximum Gasteiger partial charge on any atom is 0.338 e. The average molecular weight is 369 g/mol. The Hall–Kier alpha value is -3.02. The van der Waals surface area contributed by atoms with Gasteiger partial charge in [-0.05, 0) is 43.2 Å². The molecule has 0 atom stereocenters. The van der Waals surface area contributed by atoms with Crippen molar-refractivity contribution in [2.75, 3.05) is 26.9 Å². The van der Waals surface area contributed by atoms with Gasteiger partial charge >= 0.3 is 5.97 Å². The van der Waals surface area contributed by atoms with E-state index in [1.807, 2.05) is 44.2 Å². The van der Waals surface area contributed by atoms with Gasteiger partial charge in [0.1, 0.15) is 13.2 Å². The summed E-state index contributed by atoms with van der Waals surface area (Å²) in [6, 6.07) is 11.1. The fourth-order valence-electron chi connectivity index (χ4n) is 2.91. The lowest BCUT2D eigenvalue weighted by Gasteiger charge is -2.21. The van der Waals surface area contributed by atoms with Crippen molar-refractivity contribution in [1.29, 1.82) is 0 Å². The quantitative estimate of drug-likeness (QED) is 0.759. The van der Waals surface area contributed by atoms with Crippen LogP contribution in [0, 0.1) is 13.8 Å². The third-order valence-electron chi connectivity index (χ3n) is 4.38. The number of rotatable bonds is 5. The predicted molar refractivity (Wildman–Crippen MR) is 100 cm³/mol. The van der Waals surface area contributed by atoms with Crippen molar-refractivity contribution in [3.05, 3.63) is 58.7 Å². The van der Waals surface area contributed by atoms with Gasteiger partial charge in [0.05, 0.1) is 5.56 Å². The molecule has 0 radical (unpaired) electrons. The van der Waals surface area contributed by atoms with Gasteiger partial charge in [-0.15, -0.1) is 0 Å². The number of esters is 1. The fourth-order valence-corrected chi connectivity index (χ4v) is 2.91. The Morgan fingerprint density at radius 1 is 1.04 bits per heavy atom. The van der Waals surface area contributed by atoms with E-state index in [0.29, 0.717) is 36.8 Å². The Labute approximate surface area is 158 Å². The van der Waals surface area contributed by atoms with E-state index >= 15 is 0 Å². The molecule has 0 N–H and O–H groups in total. The molecule has 2 aromatic rings. The molecular formula is C21H23NO5. The number of carbonyl (C=O) groups is 2. The zero-order chi connectivity index (χ0) is 19.4. The predicted octanol–water partition coefficient (Wildman–Crippen LogP) is 2.89. The molecule has 0 saturated heterocycles. The van der Waals surface area contributed by atoms with Crippen LogP contribution in [0.3, 0.4) is 0 Å². The Kier molecular flexibility index (Phi) is 5.64. The molecule has 3 rings (SSSR count). The highest BCUT2D eigenvalue weighted by atomic mass is 16.6. The van der Waals surface area contributed by atoms with E-state index in [4.69, 9.17) is 14.2 Å². The number of carbonyl (C=O) groups excluding carboxylic acids is 2. The standard InChI is InChI=1S/C21H23NO5/c1-14-4-6-17(15(2)10-14)21(24)27-13-20(23)22(3)12-16-5-7-18-19(11-16)26-9-8-25-18/h4-7,10-11H,8-9,12-13H2,1-3H3. The molecule has 1 amide bonds. The third-order valence-corrected chi connectivity index (χ3v) is 4.38. The highest BCUT2D eigenvalue weighted by molar-refractivity contribution is 5.92. The molecule has 0 saturated carbocycles. The van der Waals surface area contributed by atoms with Crippen molar-refractivity contribution in [3.8, 4) is 11.5 Å². The van der Waals surface area contributed by atoms with Crippen LogP contribution in [-0.4, -0.2) is 43.6 Å². The fraction of sp³-hybridized carbons (Fsp3) is 0.333. The van der Waals surface area contributed by atoms with Crippen LogP contribution in [0.2, 0.25) is 0 Å². The summed E-state index contributed by atoms with van der Waals surface area (Å²) in [5.41, 5.74) is 3.29. The first-order valence-corrected chi connectivity index (χ1v) is 8.81. The minimum Gasteiger partial charge on any atom is -0.486 e. The van der Waals surface area contributed by atoms with Crippen LogP contribution in [0.25, 0.3) is 0 Å². The number of hydrogen-bond donors (Lipinski definition) is 0. The summed E-state index contributed by atoms with van der Waals surface area (Å²) in [4.78, 5) is 26.0. The molecule has 142 valence electrons. The Morgan fingerprint density at radius 3 is 2.52 bits per heavy atom. The maximum absolute atomic E-state index is 12.3. The molecule has 0 aliphatic carbocycles. The molecule has 0 fully saturated rings. The van der Waals surface area contributed by atoms with Crippen LogP contribution >= 0.6 is 0 Å². The van der Waals surface area contributed by atoms with Gasteiger partial charge in [0.2, 0.25) is 0 Å². The maximum atomic E-state index is 12.3. The van der Waals surface area contributed by atoms with Crippen molar-refractivity contribution in [2.45, 2.75) is 20.4 Å². The highest BCUT2D eigenvalue weighted by Crippen LogP contribution is 2.31. The molecule has 2 aromatic carbocycles. The summed E-state index contributed by atoms with van der Waals surface area (Å²) in [7, 11) is 1.67. The second kappa shape index (κ2) is 8.12. The lowest BCUT2D eigenvalue weighted by Crippen LogP contribution is -2.31. The molecule has 1 heterocycles. The summed E-state index contributed by atoms with van der Waals surface area (Å²) in [5.74, 6) is 0.624. The number of benzene rings is 2. The van der Waals surface area contributed by atoms with Gasteiger partial charge in [-0.2, -0.15) is 0 Å². The Morgan fingerprint density at radius 2 is 1.78 bits per heavy atom. The Bertz CT molecular complexity index is 862. The molecule has 0 bridgehead atoms. The van der Waals surface area contributed by atoms with Gasteiger partial charge in [0.25, 0.3) is 5.91 Å². The molecule has 1 aliphatic heterocycles. The molecular weight excluding hydrogens is 346 g/mol. The highest BCUT2D eigenvalue weighted by Gasteiger charge is 2.17. The van der Waals surface area contributed by atoms with E-state index in [9.17, 15) is 9.59 Å². The van der Waals surface area contributed by atoms with Crippen molar-refractivity contribution < 1.29 is 23.8 Å². The largest absolute Gasteiger partial charge is 0.486 e. The molecule has 6 heteroatoms. The first-order valence-electron chi connectivity index (χ1n) is 8.81. The monoisotopic (exact) mass is 369 g/mol. The SMILES string of the molecule is Cc1ccc(C(=O)OCC(=O)N(C)Cc2ccc3c(c2)OCCO3)c(C)c1. The average Bonchev–Trinajstić information content (AvgIpc) is 2.65. The molecule has 0 spiro atoms. The second-order valence-electron chi connectivity index (χ2n) is 6.62. The molecule has 1 aliphatic rings. The van der Waals surface area contributed by atoms with E-state index in [-0.39, 0.29) is 12.5 Å². The summed E-state index contributed by atoms with van der Waals surface area (Å²) in [5, 5.41) is 0. The lowest BCUT2D eigenvalue weighted by molar-refractivity contribution is -0.133. The van der Waals surface area contributed by atoms with Gasteiger partial charge in [0.15, 0.2) is 18.1 Å². The van der Waals surface area contributed by atoms with Crippen molar-refractivity contribution >= 4 is 11.9 Å². The summed E-state index contributed by atoms with van der Waals surface area (Å²) in [6.45, 7) is 4.94. The third kappa shape index (κ3) is 4.58. The van der Waals surface area contributed by atoms with E-state index in [1.165, 1.54) is 4.90 Å². The number of likely N-dealkylation sites (N-methyl/N-ethyl adjacent to an activating group) is 1. The van der Waals surface area contributed by atoms with Crippen LogP contribution in [0.15, 0.2) is 36.4 Å². The first kappa shape index (κ1) is 18.8. The molecule has 27 heavy (non-hydrogen) atoms. The van der Waals surface area contributed by atoms with E-state index in [1.54, 1.807) is 13.1 Å². The first-order chi connectivity index (χ1) is 12.9. The van der Waals surface area contributed by atoms with Gasteiger partial charge in [-0.25, -0.2) is 4.79 Å². The zero-order valence-corrected chi connectivity index (χ0v) is 15.8. The number of ether oxygens (including phenoxy) is 3. The normalized spacial score (nSPS) is 12.4. The number of aryl methyl sites for hydroxylation is 2. The molecule has 0 unspecified atom stereocenters. The van der Waals surface area contributed by atoms with Crippen LogP contribution in [0.4, 0.5) is 0 Å².